The lowest BCUT2D eigenvalue weighted by atomic mass is 9.43. The monoisotopic (exact) mass is 470 g/mol. The van der Waals surface area contributed by atoms with Crippen LogP contribution in [0.15, 0.2) is 0 Å². The molecule has 0 aliphatic heterocycles. The normalized spacial score (nSPS) is 47.2. The van der Waals surface area contributed by atoms with Gasteiger partial charge in [-0.2, -0.15) is 8.42 Å². The molecule has 0 heterocycles. The molecule has 0 saturated heterocycles. The predicted molar refractivity (Wildman–Crippen MR) is 122 cm³/mol. The molecule has 0 bridgehead atoms. The number of aliphatic hydroxyl groups is 1. The number of aliphatic carboxylic acids is 1. The van der Waals surface area contributed by atoms with Crippen LogP contribution in [0.2, 0.25) is 0 Å². The molecule has 0 amide bonds. The van der Waals surface area contributed by atoms with E-state index in [-0.39, 0.29) is 29.5 Å². The number of hydrogen-bond donors (Lipinski definition) is 2. The van der Waals surface area contributed by atoms with Crippen molar-refractivity contribution in [2.75, 3.05) is 6.26 Å². The Labute approximate surface area is 193 Å². The van der Waals surface area contributed by atoms with Crippen LogP contribution in [0, 0.1) is 46.3 Å². The van der Waals surface area contributed by atoms with Crippen molar-refractivity contribution in [2.24, 2.45) is 46.3 Å². The maximum absolute atomic E-state index is 11.7. The van der Waals surface area contributed by atoms with Gasteiger partial charge in [-0.1, -0.05) is 20.8 Å². The van der Waals surface area contributed by atoms with Crippen molar-refractivity contribution in [1.82, 2.24) is 0 Å². The Morgan fingerprint density at radius 2 is 1.72 bits per heavy atom. The zero-order valence-corrected chi connectivity index (χ0v) is 20.9. The fourth-order valence-corrected chi connectivity index (χ4v) is 9.71. The Hall–Kier alpha value is -0.660. The fraction of sp³-hybridized carbons (Fsp3) is 0.960. The summed E-state index contributed by atoms with van der Waals surface area (Å²) in [5, 5.41) is 20.5. The minimum Gasteiger partial charge on any atom is -0.481 e. The second kappa shape index (κ2) is 8.53. The highest BCUT2D eigenvalue weighted by molar-refractivity contribution is 7.86. The summed E-state index contributed by atoms with van der Waals surface area (Å²) >= 11 is 0. The summed E-state index contributed by atoms with van der Waals surface area (Å²) in [6.07, 6.45) is 9.25. The van der Waals surface area contributed by atoms with Crippen LogP contribution >= 0.6 is 0 Å². The zero-order valence-electron chi connectivity index (χ0n) is 20.1. The van der Waals surface area contributed by atoms with Gasteiger partial charge in [-0.15, -0.1) is 0 Å². The first kappa shape index (κ1) is 24.5. The number of carboxylic acid groups (broad SMARTS) is 1. The molecule has 0 unspecified atom stereocenters. The van der Waals surface area contributed by atoms with Gasteiger partial charge in [0, 0.05) is 6.42 Å². The summed E-state index contributed by atoms with van der Waals surface area (Å²) in [7, 11) is -3.46. The standard InChI is InChI=1S/C25H42O6S/c1-15(5-8-22(27)28)18-6-7-19-23-20(10-12-25(18,19)3)24(2)11-9-17(31-32(4,29)30)13-16(24)14-21(23)26/h15-21,23,26H,5-14H2,1-4H3,(H,27,28)/t15-,16+,17-,18-,19+,20+,21+,23+,24+,25-/m1/s1. The van der Waals surface area contributed by atoms with Gasteiger partial charge >= 0.3 is 5.97 Å². The summed E-state index contributed by atoms with van der Waals surface area (Å²) < 4.78 is 28.7. The third-order valence-electron chi connectivity index (χ3n) is 10.5. The van der Waals surface area contributed by atoms with Gasteiger partial charge < -0.3 is 10.2 Å². The molecule has 184 valence electrons. The minimum absolute atomic E-state index is 0.135. The van der Waals surface area contributed by atoms with E-state index in [4.69, 9.17) is 9.29 Å². The Bertz CT molecular complexity index is 826. The number of aliphatic hydroxyl groups excluding tert-OH is 1. The summed E-state index contributed by atoms with van der Waals surface area (Å²) in [5.41, 5.74) is 0.315. The molecule has 6 nitrogen and oxygen atoms in total. The van der Waals surface area contributed by atoms with Crippen LogP contribution in [0.25, 0.3) is 0 Å². The molecule has 4 rings (SSSR count). The van der Waals surface area contributed by atoms with Crippen LogP contribution in [0.4, 0.5) is 0 Å². The van der Waals surface area contributed by atoms with Gasteiger partial charge in [-0.05, 0) is 104 Å². The van der Waals surface area contributed by atoms with Crippen LogP contribution in [0.3, 0.4) is 0 Å². The van der Waals surface area contributed by atoms with Gasteiger partial charge in [-0.25, -0.2) is 0 Å². The fourth-order valence-electron chi connectivity index (χ4n) is 9.05. The molecule has 10 atom stereocenters. The van der Waals surface area contributed by atoms with Gasteiger partial charge in [0.2, 0.25) is 0 Å². The third-order valence-corrected chi connectivity index (χ3v) is 11.1. The van der Waals surface area contributed by atoms with Crippen molar-refractivity contribution in [3.05, 3.63) is 0 Å². The van der Waals surface area contributed by atoms with E-state index in [1.807, 2.05) is 0 Å². The smallest absolute Gasteiger partial charge is 0.303 e. The number of carbonyl (C=O) groups is 1. The van der Waals surface area contributed by atoms with Crippen LogP contribution in [0.1, 0.15) is 85.0 Å². The molecule has 7 heteroatoms. The highest BCUT2D eigenvalue weighted by Crippen LogP contribution is 2.68. The molecule has 0 aromatic heterocycles. The summed E-state index contributed by atoms with van der Waals surface area (Å²) in [4.78, 5) is 11.1. The van der Waals surface area contributed by atoms with Gasteiger partial charge in [0.25, 0.3) is 10.1 Å². The van der Waals surface area contributed by atoms with Crippen LogP contribution < -0.4 is 0 Å². The molecule has 0 spiro atoms. The summed E-state index contributed by atoms with van der Waals surface area (Å²) in [5.74, 6) is 1.79. The molecule has 4 aliphatic rings. The maximum atomic E-state index is 11.7. The van der Waals surface area contributed by atoms with Crippen LogP contribution in [-0.4, -0.2) is 43.1 Å². The van der Waals surface area contributed by atoms with Crippen molar-refractivity contribution in [3.63, 3.8) is 0 Å². The SMILES string of the molecule is C[C@H](CCC(=O)O)[C@H]1CC[C@H]2[C@@H]3[C@@H](O)C[C@@H]4C[C@H](OS(C)(=O)=O)CC[C@]4(C)[C@H]3CC[C@]12C. The first-order valence-corrected chi connectivity index (χ1v) is 14.4. The van der Waals surface area contributed by atoms with E-state index in [0.29, 0.717) is 35.5 Å². The van der Waals surface area contributed by atoms with E-state index in [1.54, 1.807) is 0 Å². The lowest BCUT2D eigenvalue weighted by Crippen LogP contribution is -2.58. The Kier molecular flexibility index (Phi) is 6.52. The van der Waals surface area contributed by atoms with Crippen molar-refractivity contribution in [3.8, 4) is 0 Å². The molecule has 4 saturated carbocycles. The number of fused-ring (bicyclic) bond motifs is 5. The quantitative estimate of drug-likeness (QED) is 0.556. The molecular formula is C25H42O6S. The van der Waals surface area contributed by atoms with E-state index >= 15 is 0 Å². The van der Waals surface area contributed by atoms with E-state index in [9.17, 15) is 18.3 Å². The molecule has 0 aromatic rings. The lowest BCUT2D eigenvalue weighted by molar-refractivity contribution is -0.172. The number of hydrogen-bond acceptors (Lipinski definition) is 5. The molecule has 4 fully saturated rings. The largest absolute Gasteiger partial charge is 0.481 e. The van der Waals surface area contributed by atoms with Crippen molar-refractivity contribution in [2.45, 2.75) is 97.2 Å². The van der Waals surface area contributed by atoms with Crippen molar-refractivity contribution < 1.29 is 27.6 Å². The van der Waals surface area contributed by atoms with Crippen LogP contribution in [0.5, 0.6) is 0 Å². The van der Waals surface area contributed by atoms with Gasteiger partial charge in [0.1, 0.15) is 0 Å². The van der Waals surface area contributed by atoms with Gasteiger partial charge in [0.05, 0.1) is 18.5 Å². The molecule has 0 aromatic carbocycles. The maximum Gasteiger partial charge on any atom is 0.303 e. The van der Waals surface area contributed by atoms with Crippen LogP contribution in [-0.2, 0) is 19.1 Å². The van der Waals surface area contributed by atoms with E-state index < -0.39 is 16.1 Å². The molecule has 2 N–H and O–H groups in total. The summed E-state index contributed by atoms with van der Waals surface area (Å²) in [6, 6.07) is 0. The Morgan fingerprint density at radius 3 is 2.38 bits per heavy atom. The highest BCUT2D eigenvalue weighted by Gasteiger charge is 2.63. The Balaban J connectivity index is 1.52. The molecule has 4 aliphatic carbocycles. The Morgan fingerprint density at radius 1 is 1.06 bits per heavy atom. The number of carboxylic acids is 1. The van der Waals surface area contributed by atoms with Crippen molar-refractivity contribution >= 4 is 16.1 Å². The second-order valence-electron chi connectivity index (χ2n) is 12.1. The van der Waals surface area contributed by atoms with E-state index in [0.717, 1.165) is 64.0 Å². The average Bonchev–Trinajstić information content (AvgIpc) is 3.03. The summed E-state index contributed by atoms with van der Waals surface area (Å²) in [6.45, 7) is 7.04. The zero-order chi connectivity index (χ0) is 23.5. The molecule has 0 radical (unpaired) electrons. The van der Waals surface area contributed by atoms with E-state index in [1.165, 1.54) is 0 Å². The number of rotatable bonds is 6. The third kappa shape index (κ3) is 4.26. The lowest BCUT2D eigenvalue weighted by Gasteiger charge is -2.62. The van der Waals surface area contributed by atoms with Crippen molar-refractivity contribution in [1.29, 1.82) is 0 Å². The first-order chi connectivity index (χ1) is 14.8. The van der Waals surface area contributed by atoms with E-state index in [2.05, 4.69) is 20.8 Å². The predicted octanol–water partition coefficient (Wildman–Crippen LogP) is 4.46. The topological polar surface area (TPSA) is 101 Å². The molecule has 32 heavy (non-hydrogen) atoms. The second-order valence-corrected chi connectivity index (χ2v) is 13.7. The molecular weight excluding hydrogens is 428 g/mol. The highest BCUT2D eigenvalue weighted by atomic mass is 32.2. The van der Waals surface area contributed by atoms with Gasteiger partial charge in [0.15, 0.2) is 0 Å². The first-order valence-electron chi connectivity index (χ1n) is 12.6. The van der Waals surface area contributed by atoms with Gasteiger partial charge in [-0.3, -0.25) is 8.98 Å². The average molecular weight is 471 g/mol. The minimum atomic E-state index is -3.46.